The normalized spacial score (nSPS) is 14.1. The van der Waals surface area contributed by atoms with Gasteiger partial charge in [-0.3, -0.25) is 15.0 Å². The zero-order valence-electron chi connectivity index (χ0n) is 17.1. The number of aliphatic hydroxyl groups is 1. The van der Waals surface area contributed by atoms with E-state index >= 15 is 0 Å². The summed E-state index contributed by atoms with van der Waals surface area (Å²) in [6, 6.07) is 13.0. The summed E-state index contributed by atoms with van der Waals surface area (Å²) in [5.74, 6) is 0.788. The Labute approximate surface area is 183 Å². The van der Waals surface area contributed by atoms with Gasteiger partial charge >= 0.3 is 0 Å². The largest absolute Gasteiger partial charge is 1.00 e. The number of hydrogen-bond acceptors (Lipinski definition) is 7. The van der Waals surface area contributed by atoms with Crippen LogP contribution in [0.4, 0.5) is 17.1 Å². The quantitative estimate of drug-likeness (QED) is 0.312. The van der Waals surface area contributed by atoms with E-state index in [1.807, 2.05) is 37.3 Å². The summed E-state index contributed by atoms with van der Waals surface area (Å²) in [4.78, 5) is 15.5. The monoisotopic (exact) mass is 435 g/mol. The first kappa shape index (κ1) is 23.7. The number of nitrogens with one attached hydrogen (secondary N) is 1. The number of piperazine rings is 1. The Morgan fingerprint density at radius 2 is 1.93 bits per heavy atom. The third-order valence-electron chi connectivity index (χ3n) is 5.01. The van der Waals surface area contributed by atoms with Gasteiger partial charge in [0, 0.05) is 51.0 Å². The van der Waals surface area contributed by atoms with E-state index < -0.39 is 0 Å². The molecule has 8 nitrogen and oxygen atoms in total. The standard InChI is InChI=1S/C21H28N4O4.ClH/c1-17-3-2-4-19(15-17)29-14-7-22-20-16-18(5-6-21(20)25(27)28)24-10-8-23(9-11-24)12-13-26;/h2-6,15-16,22,26H,7-14H2,1H3;1H/p-1. The van der Waals surface area contributed by atoms with E-state index in [1.165, 1.54) is 0 Å². The number of anilines is 2. The highest BCUT2D eigenvalue weighted by molar-refractivity contribution is 5.69. The minimum Gasteiger partial charge on any atom is -1.00 e. The molecule has 0 unspecified atom stereocenters. The summed E-state index contributed by atoms with van der Waals surface area (Å²) in [6.45, 7) is 7.10. The highest BCUT2D eigenvalue weighted by Gasteiger charge is 2.20. The maximum absolute atomic E-state index is 11.4. The van der Waals surface area contributed by atoms with Gasteiger partial charge in [-0.1, -0.05) is 12.1 Å². The van der Waals surface area contributed by atoms with Gasteiger partial charge in [0.25, 0.3) is 5.69 Å². The molecule has 1 aliphatic heterocycles. The second-order valence-electron chi connectivity index (χ2n) is 7.10. The van der Waals surface area contributed by atoms with Crippen molar-refractivity contribution in [1.29, 1.82) is 0 Å². The van der Waals surface area contributed by atoms with E-state index in [0.29, 0.717) is 25.4 Å². The molecule has 2 aromatic rings. The fourth-order valence-corrected chi connectivity index (χ4v) is 3.45. The molecular weight excluding hydrogens is 408 g/mol. The third-order valence-corrected chi connectivity index (χ3v) is 5.01. The lowest BCUT2D eigenvalue weighted by atomic mass is 10.2. The zero-order valence-corrected chi connectivity index (χ0v) is 17.8. The zero-order chi connectivity index (χ0) is 20.6. The summed E-state index contributed by atoms with van der Waals surface area (Å²) < 4.78 is 5.72. The van der Waals surface area contributed by atoms with Gasteiger partial charge in [0.15, 0.2) is 0 Å². The first-order valence-electron chi connectivity index (χ1n) is 9.87. The summed E-state index contributed by atoms with van der Waals surface area (Å²) in [5.41, 5.74) is 2.64. The molecular formula is C21H28ClN4O4-. The number of nitrogens with zero attached hydrogens (tertiary/aromatic N) is 3. The number of benzene rings is 2. The molecule has 9 heteroatoms. The SMILES string of the molecule is Cc1cccc(OCCNc2cc(N3CCN(CCO)CC3)ccc2[N+](=O)[O-])c1.[Cl-]. The minimum absolute atomic E-state index is 0. The number of aryl methyl sites for hydroxylation is 1. The predicted octanol–water partition coefficient (Wildman–Crippen LogP) is -0.488. The molecule has 1 fully saturated rings. The summed E-state index contributed by atoms with van der Waals surface area (Å²) in [7, 11) is 0. The molecule has 0 bridgehead atoms. The van der Waals surface area contributed by atoms with Gasteiger partial charge in [-0.15, -0.1) is 0 Å². The Bertz CT molecular complexity index is 828. The maximum atomic E-state index is 11.4. The van der Waals surface area contributed by atoms with Crippen molar-refractivity contribution < 1.29 is 27.2 Å². The van der Waals surface area contributed by atoms with Crippen molar-refractivity contribution in [3.05, 3.63) is 58.1 Å². The van der Waals surface area contributed by atoms with Crippen LogP contribution in [0, 0.1) is 17.0 Å². The van der Waals surface area contributed by atoms with E-state index in [4.69, 9.17) is 9.84 Å². The van der Waals surface area contributed by atoms with E-state index in [1.54, 1.807) is 12.1 Å². The van der Waals surface area contributed by atoms with Crippen molar-refractivity contribution in [2.24, 2.45) is 0 Å². The van der Waals surface area contributed by atoms with Gasteiger partial charge in [0.1, 0.15) is 18.0 Å². The van der Waals surface area contributed by atoms with Crippen molar-refractivity contribution in [3.63, 3.8) is 0 Å². The molecule has 0 atom stereocenters. The predicted molar refractivity (Wildman–Crippen MR) is 114 cm³/mol. The Balaban J connectivity index is 0.00000320. The van der Waals surface area contributed by atoms with Crippen molar-refractivity contribution >= 4 is 17.1 Å². The molecule has 1 saturated heterocycles. The highest BCUT2D eigenvalue weighted by Crippen LogP contribution is 2.30. The molecule has 0 amide bonds. The molecule has 0 aliphatic carbocycles. The van der Waals surface area contributed by atoms with Crippen LogP contribution in [0.1, 0.15) is 5.56 Å². The molecule has 1 heterocycles. The number of β-amino-alcohol motifs (C(OH)–C–C–N with tert-alkyl or cyclic N) is 1. The molecule has 2 N–H and O–H groups in total. The van der Waals surface area contributed by atoms with Gasteiger partial charge in [-0.25, -0.2) is 0 Å². The topological polar surface area (TPSA) is 91.1 Å². The van der Waals surface area contributed by atoms with Crippen molar-refractivity contribution in [3.8, 4) is 5.75 Å². The minimum atomic E-state index is -0.368. The highest BCUT2D eigenvalue weighted by atomic mass is 35.5. The molecule has 3 rings (SSSR count). The van der Waals surface area contributed by atoms with Crippen LogP contribution in [0.2, 0.25) is 0 Å². The first-order valence-corrected chi connectivity index (χ1v) is 9.87. The Morgan fingerprint density at radius 3 is 2.60 bits per heavy atom. The second kappa shape index (κ2) is 11.6. The lowest BCUT2D eigenvalue weighted by molar-refractivity contribution is -0.383. The Hall–Kier alpha value is -2.55. The number of nitro groups is 1. The number of halogens is 1. The van der Waals surface area contributed by atoms with E-state index in [-0.39, 0.29) is 29.6 Å². The summed E-state index contributed by atoms with van der Waals surface area (Å²) >= 11 is 0. The fourth-order valence-electron chi connectivity index (χ4n) is 3.45. The second-order valence-corrected chi connectivity index (χ2v) is 7.10. The molecule has 1 aliphatic rings. The third kappa shape index (κ3) is 6.48. The maximum Gasteiger partial charge on any atom is 0.292 e. The van der Waals surface area contributed by atoms with Crippen LogP contribution in [-0.4, -0.2) is 67.4 Å². The number of rotatable bonds is 9. The Kier molecular flexibility index (Phi) is 9.16. The number of hydrogen-bond donors (Lipinski definition) is 2. The number of ether oxygens (including phenoxy) is 1. The lowest BCUT2D eigenvalue weighted by Crippen LogP contribution is -3.00. The van der Waals surface area contributed by atoms with E-state index in [9.17, 15) is 10.1 Å². The molecule has 0 aromatic heterocycles. The average Bonchev–Trinajstić information content (AvgIpc) is 2.72. The fraction of sp³-hybridized carbons (Fsp3) is 0.429. The molecule has 30 heavy (non-hydrogen) atoms. The molecule has 0 radical (unpaired) electrons. The van der Waals surface area contributed by atoms with Gasteiger partial charge in [0.2, 0.25) is 0 Å². The number of aliphatic hydroxyl groups excluding tert-OH is 1. The lowest BCUT2D eigenvalue weighted by Gasteiger charge is -2.35. The van der Waals surface area contributed by atoms with Gasteiger partial charge in [0.05, 0.1) is 11.5 Å². The van der Waals surface area contributed by atoms with Gasteiger partial charge in [-0.05, 0) is 36.8 Å². The van der Waals surface area contributed by atoms with Crippen molar-refractivity contribution in [2.75, 3.05) is 62.7 Å². The van der Waals surface area contributed by atoms with Crippen LogP contribution in [-0.2, 0) is 0 Å². The smallest absolute Gasteiger partial charge is 0.292 e. The molecule has 164 valence electrons. The van der Waals surface area contributed by atoms with Crippen LogP contribution in [0.25, 0.3) is 0 Å². The van der Waals surface area contributed by atoms with Crippen LogP contribution in [0.15, 0.2) is 42.5 Å². The van der Waals surface area contributed by atoms with Gasteiger partial charge < -0.3 is 32.5 Å². The average molecular weight is 436 g/mol. The molecule has 0 spiro atoms. The molecule has 2 aromatic carbocycles. The van der Waals surface area contributed by atoms with Crippen LogP contribution >= 0.6 is 0 Å². The first-order chi connectivity index (χ1) is 14.1. The van der Waals surface area contributed by atoms with Crippen molar-refractivity contribution in [1.82, 2.24) is 4.90 Å². The van der Waals surface area contributed by atoms with Crippen LogP contribution in [0.5, 0.6) is 5.75 Å². The van der Waals surface area contributed by atoms with E-state index in [0.717, 1.165) is 43.2 Å². The summed E-state index contributed by atoms with van der Waals surface area (Å²) in [6.07, 6.45) is 0. The summed E-state index contributed by atoms with van der Waals surface area (Å²) in [5, 5.41) is 23.6. The molecule has 0 saturated carbocycles. The Morgan fingerprint density at radius 1 is 1.17 bits per heavy atom. The number of nitro benzene ring substituents is 1. The van der Waals surface area contributed by atoms with E-state index in [2.05, 4.69) is 15.1 Å². The van der Waals surface area contributed by atoms with Gasteiger partial charge in [-0.2, -0.15) is 0 Å². The van der Waals surface area contributed by atoms with Crippen LogP contribution in [0.3, 0.4) is 0 Å². The van der Waals surface area contributed by atoms with Crippen molar-refractivity contribution in [2.45, 2.75) is 6.92 Å². The van der Waals surface area contributed by atoms with Crippen LogP contribution < -0.4 is 27.4 Å².